The molecule has 0 amide bonds. The van der Waals surface area contributed by atoms with Crippen LogP contribution in [-0.2, 0) is 0 Å². The van der Waals surface area contributed by atoms with Crippen LogP contribution in [0.5, 0.6) is 0 Å². The van der Waals surface area contributed by atoms with Crippen molar-refractivity contribution in [3.05, 3.63) is 35.9 Å². The molecule has 0 aliphatic heterocycles. The smallest absolute Gasteiger partial charge is 0.0192 e. The van der Waals surface area contributed by atoms with Crippen LogP contribution in [-0.4, -0.2) is 24.6 Å². The maximum atomic E-state index is 3.62. The summed E-state index contributed by atoms with van der Waals surface area (Å²) in [4.78, 5) is 0. The molecule has 2 heteroatoms. The van der Waals surface area contributed by atoms with Crippen molar-refractivity contribution in [1.82, 2.24) is 5.32 Å². The monoisotopic (exact) mass is 235 g/mol. The summed E-state index contributed by atoms with van der Waals surface area (Å²) in [5, 5.41) is 3.62. The van der Waals surface area contributed by atoms with E-state index >= 15 is 0 Å². The fraction of sp³-hybridized carbons (Fsp3) is 0.571. The minimum atomic E-state index is 0.699. The van der Waals surface area contributed by atoms with Crippen LogP contribution in [0.25, 0.3) is 0 Å². The maximum absolute atomic E-state index is 3.62. The molecule has 1 saturated carbocycles. The van der Waals surface area contributed by atoms with Crippen LogP contribution in [0.1, 0.15) is 24.8 Å². The maximum Gasteiger partial charge on any atom is 0.0192 e. The first-order valence-corrected chi connectivity index (χ1v) is 7.53. The summed E-state index contributed by atoms with van der Waals surface area (Å²) in [6.45, 7) is 3.29. The van der Waals surface area contributed by atoms with Crippen LogP contribution < -0.4 is 5.32 Å². The van der Waals surface area contributed by atoms with Crippen molar-refractivity contribution in [2.75, 3.05) is 18.6 Å². The van der Waals surface area contributed by atoms with Crippen LogP contribution >= 0.6 is 11.8 Å². The molecule has 2 rings (SSSR count). The quantitative estimate of drug-likeness (QED) is 0.813. The molecule has 1 aromatic carbocycles. The van der Waals surface area contributed by atoms with Crippen molar-refractivity contribution < 1.29 is 0 Å². The van der Waals surface area contributed by atoms with E-state index in [1.165, 1.54) is 17.7 Å². The van der Waals surface area contributed by atoms with Gasteiger partial charge < -0.3 is 5.32 Å². The number of nitrogens with one attached hydrogen (secondary N) is 1. The molecule has 0 saturated heterocycles. The largest absolute Gasteiger partial charge is 0.313 e. The molecule has 0 aromatic heterocycles. The molecule has 0 spiro atoms. The minimum absolute atomic E-state index is 0.699. The van der Waals surface area contributed by atoms with Gasteiger partial charge in [-0.1, -0.05) is 37.3 Å². The molecule has 1 aromatic rings. The zero-order valence-electron chi connectivity index (χ0n) is 10.1. The summed E-state index contributed by atoms with van der Waals surface area (Å²) < 4.78 is 0. The van der Waals surface area contributed by atoms with E-state index in [1.54, 1.807) is 0 Å². The Kier molecular flexibility index (Phi) is 4.30. The van der Waals surface area contributed by atoms with E-state index in [1.807, 2.05) is 11.8 Å². The third kappa shape index (κ3) is 2.80. The Morgan fingerprint density at radius 3 is 2.75 bits per heavy atom. The van der Waals surface area contributed by atoms with Crippen LogP contribution in [0.3, 0.4) is 0 Å². The number of hydrogen-bond donors (Lipinski definition) is 1. The van der Waals surface area contributed by atoms with Crippen molar-refractivity contribution in [2.24, 2.45) is 5.92 Å². The Balaban J connectivity index is 1.93. The summed E-state index contributed by atoms with van der Waals surface area (Å²) in [6.07, 6.45) is 3.56. The van der Waals surface area contributed by atoms with Crippen molar-refractivity contribution in [2.45, 2.75) is 25.3 Å². The number of hydrogen-bond acceptors (Lipinski definition) is 2. The molecule has 0 radical (unpaired) electrons. The molecule has 0 bridgehead atoms. The predicted molar refractivity (Wildman–Crippen MR) is 73.1 cm³/mol. The van der Waals surface area contributed by atoms with Crippen LogP contribution in [0, 0.1) is 5.92 Å². The van der Waals surface area contributed by atoms with Crippen molar-refractivity contribution >= 4 is 11.8 Å². The van der Waals surface area contributed by atoms with Crippen LogP contribution in [0.2, 0.25) is 0 Å². The average Bonchev–Trinajstić information content (AvgIpc) is 3.10. The molecule has 3 atom stereocenters. The van der Waals surface area contributed by atoms with Gasteiger partial charge in [-0.25, -0.2) is 0 Å². The lowest BCUT2D eigenvalue weighted by atomic mass is 10.1. The number of thioether (sulfide) groups is 1. The highest BCUT2D eigenvalue weighted by Crippen LogP contribution is 2.49. The summed E-state index contributed by atoms with van der Waals surface area (Å²) in [5.41, 5.74) is 1.52. The third-order valence-electron chi connectivity index (χ3n) is 3.40. The van der Waals surface area contributed by atoms with Crippen molar-refractivity contribution in [3.8, 4) is 0 Å². The fourth-order valence-electron chi connectivity index (χ4n) is 2.52. The predicted octanol–water partition coefficient (Wildman–Crippen LogP) is 3.13. The Morgan fingerprint density at radius 1 is 1.38 bits per heavy atom. The van der Waals surface area contributed by atoms with E-state index in [9.17, 15) is 0 Å². The van der Waals surface area contributed by atoms with Gasteiger partial charge in [-0.05, 0) is 36.6 Å². The van der Waals surface area contributed by atoms with Gasteiger partial charge >= 0.3 is 0 Å². The summed E-state index contributed by atoms with van der Waals surface area (Å²) in [6, 6.07) is 11.7. The first kappa shape index (κ1) is 12.0. The highest BCUT2D eigenvalue weighted by molar-refractivity contribution is 7.98. The van der Waals surface area contributed by atoms with Crippen molar-refractivity contribution in [1.29, 1.82) is 0 Å². The van der Waals surface area contributed by atoms with Gasteiger partial charge in [-0.15, -0.1) is 0 Å². The molecule has 1 aliphatic carbocycles. The zero-order chi connectivity index (χ0) is 11.4. The number of rotatable bonds is 6. The molecule has 1 nitrogen and oxygen atoms in total. The van der Waals surface area contributed by atoms with E-state index in [-0.39, 0.29) is 0 Å². The highest BCUT2D eigenvalue weighted by Gasteiger charge is 2.42. The molecule has 1 aliphatic rings. The van der Waals surface area contributed by atoms with Gasteiger partial charge in [-0.2, -0.15) is 11.8 Å². The summed E-state index contributed by atoms with van der Waals surface area (Å²) in [5.74, 6) is 2.90. The summed E-state index contributed by atoms with van der Waals surface area (Å²) >= 11 is 1.95. The second-order valence-electron chi connectivity index (χ2n) is 4.54. The second-order valence-corrected chi connectivity index (χ2v) is 5.45. The SMILES string of the molecule is CCNC(CSC)C1CC1c1ccccc1. The van der Waals surface area contributed by atoms with Crippen molar-refractivity contribution in [3.63, 3.8) is 0 Å². The normalized spacial score (nSPS) is 25.4. The van der Waals surface area contributed by atoms with Gasteiger partial charge in [0.1, 0.15) is 0 Å². The van der Waals surface area contributed by atoms with E-state index in [0.29, 0.717) is 6.04 Å². The molecule has 3 unspecified atom stereocenters. The fourth-order valence-corrected chi connectivity index (χ4v) is 3.24. The first-order valence-electron chi connectivity index (χ1n) is 6.14. The van der Waals surface area contributed by atoms with Gasteiger partial charge in [0.15, 0.2) is 0 Å². The lowest BCUT2D eigenvalue weighted by Gasteiger charge is -2.16. The zero-order valence-corrected chi connectivity index (χ0v) is 11.0. The second kappa shape index (κ2) is 5.74. The highest BCUT2D eigenvalue weighted by atomic mass is 32.2. The third-order valence-corrected chi connectivity index (χ3v) is 4.09. The van der Waals surface area contributed by atoms with Gasteiger partial charge in [0.25, 0.3) is 0 Å². The van der Waals surface area contributed by atoms with Gasteiger partial charge in [-0.3, -0.25) is 0 Å². The van der Waals surface area contributed by atoms with Crippen LogP contribution in [0.15, 0.2) is 30.3 Å². The lowest BCUT2D eigenvalue weighted by molar-refractivity contribution is 0.510. The van der Waals surface area contributed by atoms with E-state index in [0.717, 1.165) is 18.4 Å². The van der Waals surface area contributed by atoms with E-state index < -0.39 is 0 Å². The molecule has 88 valence electrons. The standard InChI is InChI=1S/C14H21NS/c1-3-15-14(10-16-2)13-9-12(13)11-7-5-4-6-8-11/h4-8,12-15H,3,9-10H2,1-2H3. The first-order chi connectivity index (χ1) is 7.86. The lowest BCUT2D eigenvalue weighted by Crippen LogP contribution is -2.33. The Labute approximate surface area is 103 Å². The molecule has 0 heterocycles. The average molecular weight is 235 g/mol. The Morgan fingerprint density at radius 2 is 2.12 bits per heavy atom. The Hall–Kier alpha value is -0.470. The van der Waals surface area contributed by atoms with Gasteiger partial charge in [0.05, 0.1) is 0 Å². The van der Waals surface area contributed by atoms with E-state index in [4.69, 9.17) is 0 Å². The molecular formula is C14H21NS. The van der Waals surface area contributed by atoms with Gasteiger partial charge in [0, 0.05) is 11.8 Å². The molecule has 16 heavy (non-hydrogen) atoms. The number of benzene rings is 1. The molecular weight excluding hydrogens is 214 g/mol. The summed E-state index contributed by atoms with van der Waals surface area (Å²) in [7, 11) is 0. The van der Waals surface area contributed by atoms with Crippen LogP contribution in [0.4, 0.5) is 0 Å². The minimum Gasteiger partial charge on any atom is -0.313 e. The molecule has 1 N–H and O–H groups in total. The topological polar surface area (TPSA) is 12.0 Å². The van der Waals surface area contributed by atoms with Gasteiger partial charge in [0.2, 0.25) is 0 Å². The molecule has 1 fully saturated rings. The Bertz CT molecular complexity index is 306. The van der Waals surface area contributed by atoms with E-state index in [2.05, 4.69) is 48.8 Å².